The largest absolute Gasteiger partial charge is 0.480 e. The minimum atomic E-state index is -5.36. The highest BCUT2D eigenvalue weighted by atomic mass is 19.4. The Bertz CT molecular complexity index is 324. The first-order chi connectivity index (χ1) is 7.84. The summed E-state index contributed by atoms with van der Waals surface area (Å²) in [6.45, 7) is 0.781. The summed E-state index contributed by atoms with van der Waals surface area (Å²) in [6, 6.07) is -2.26. The van der Waals surface area contributed by atoms with E-state index in [1.807, 2.05) is 0 Å². The molecule has 0 aromatic heterocycles. The molecule has 0 spiro atoms. The number of carbonyl (C=O) groups excluding carboxylic acids is 1. The number of carboxylic acid groups (broad SMARTS) is 1. The summed E-state index contributed by atoms with van der Waals surface area (Å²) in [6.07, 6.45) is -11.7. The molecule has 0 aliphatic heterocycles. The van der Waals surface area contributed by atoms with Gasteiger partial charge in [-0.05, 0) is 5.92 Å². The van der Waals surface area contributed by atoms with E-state index in [1.54, 1.807) is 0 Å². The van der Waals surface area contributed by atoms with E-state index in [-0.39, 0.29) is 0 Å². The van der Waals surface area contributed by atoms with Gasteiger partial charge in [0.2, 0.25) is 0 Å². The topological polar surface area (TPSA) is 66.4 Å². The molecule has 1 amide bonds. The number of rotatable bonds is 4. The summed E-state index contributed by atoms with van der Waals surface area (Å²) in [5.41, 5.74) is 0. The summed E-state index contributed by atoms with van der Waals surface area (Å²) >= 11 is 0. The van der Waals surface area contributed by atoms with Crippen molar-refractivity contribution in [1.29, 1.82) is 0 Å². The van der Waals surface area contributed by atoms with Crippen LogP contribution in [0.3, 0.4) is 0 Å². The summed E-state index contributed by atoms with van der Waals surface area (Å²) < 4.78 is 71.5. The van der Waals surface area contributed by atoms with E-state index in [0.717, 1.165) is 12.2 Å². The van der Waals surface area contributed by atoms with E-state index in [2.05, 4.69) is 0 Å². The van der Waals surface area contributed by atoms with Gasteiger partial charge in [0.25, 0.3) is 0 Å². The fraction of sp³-hybridized carbons (Fsp3) is 0.750. The molecule has 0 saturated heterocycles. The molecule has 18 heavy (non-hydrogen) atoms. The Morgan fingerprint density at radius 3 is 1.89 bits per heavy atom. The van der Waals surface area contributed by atoms with Gasteiger partial charge in [-0.2, -0.15) is 26.3 Å². The van der Waals surface area contributed by atoms with Gasteiger partial charge < -0.3 is 10.4 Å². The zero-order chi connectivity index (χ0) is 14.7. The molecule has 106 valence electrons. The van der Waals surface area contributed by atoms with Gasteiger partial charge in [0.05, 0.1) is 0 Å². The average molecular weight is 281 g/mol. The van der Waals surface area contributed by atoms with Crippen molar-refractivity contribution in [3.63, 3.8) is 0 Å². The van der Waals surface area contributed by atoms with Gasteiger partial charge in [0.15, 0.2) is 0 Å². The predicted octanol–water partition coefficient (Wildman–Crippen LogP) is 1.71. The highest BCUT2D eigenvalue weighted by Crippen LogP contribution is 2.27. The third-order valence-corrected chi connectivity index (χ3v) is 1.93. The van der Waals surface area contributed by atoms with Crippen LogP contribution in [0.25, 0.3) is 0 Å². The second kappa shape index (κ2) is 5.44. The lowest BCUT2D eigenvalue weighted by Crippen LogP contribution is -2.50. The fourth-order valence-corrected chi connectivity index (χ4v) is 1.15. The standard InChI is InChI=1S/C8H9F6NO3/c1-3(2-7(9,10)11)4(5(16)17)15-6(18)8(12,13)14/h3-4H,2H2,1H3,(H,15,18)(H,16,17). The minimum absolute atomic E-state index is 0.781. The molecule has 10 heteroatoms. The van der Waals surface area contributed by atoms with Crippen LogP contribution in [0.15, 0.2) is 0 Å². The molecule has 2 atom stereocenters. The highest BCUT2D eigenvalue weighted by Gasteiger charge is 2.43. The molecule has 0 aromatic rings. The number of hydrogen-bond donors (Lipinski definition) is 2. The maximum Gasteiger partial charge on any atom is 0.471 e. The zero-order valence-corrected chi connectivity index (χ0v) is 8.89. The third-order valence-electron chi connectivity index (χ3n) is 1.93. The van der Waals surface area contributed by atoms with Crippen LogP contribution in [0.2, 0.25) is 0 Å². The van der Waals surface area contributed by atoms with Crippen molar-refractivity contribution >= 4 is 11.9 Å². The monoisotopic (exact) mass is 281 g/mol. The number of amides is 1. The van der Waals surface area contributed by atoms with Crippen LogP contribution in [0.4, 0.5) is 26.3 Å². The molecule has 0 aliphatic carbocycles. The fourth-order valence-electron chi connectivity index (χ4n) is 1.15. The van der Waals surface area contributed by atoms with Gasteiger partial charge in [-0.15, -0.1) is 0 Å². The van der Waals surface area contributed by atoms with Crippen molar-refractivity contribution in [2.75, 3.05) is 0 Å². The van der Waals surface area contributed by atoms with Crippen LogP contribution in [0.1, 0.15) is 13.3 Å². The Morgan fingerprint density at radius 2 is 1.61 bits per heavy atom. The van der Waals surface area contributed by atoms with Crippen molar-refractivity contribution in [1.82, 2.24) is 5.32 Å². The second-order valence-corrected chi connectivity index (χ2v) is 3.58. The summed E-state index contributed by atoms with van der Waals surface area (Å²) in [5, 5.41) is 9.52. The molecule has 0 aromatic carbocycles. The molecule has 0 aliphatic rings. The molecular weight excluding hydrogens is 272 g/mol. The van der Waals surface area contributed by atoms with Crippen molar-refractivity contribution in [2.24, 2.45) is 5.92 Å². The number of carbonyl (C=O) groups is 2. The molecule has 0 radical (unpaired) electrons. The normalized spacial score (nSPS) is 15.9. The Balaban J connectivity index is 4.79. The zero-order valence-electron chi connectivity index (χ0n) is 8.89. The van der Waals surface area contributed by atoms with Crippen molar-refractivity contribution < 1.29 is 41.0 Å². The lowest BCUT2D eigenvalue weighted by Gasteiger charge is -2.22. The van der Waals surface area contributed by atoms with Crippen molar-refractivity contribution in [2.45, 2.75) is 31.7 Å². The van der Waals surface area contributed by atoms with Crippen LogP contribution >= 0.6 is 0 Å². The minimum Gasteiger partial charge on any atom is -0.480 e. The Kier molecular flexibility index (Phi) is 4.99. The number of nitrogens with one attached hydrogen (secondary N) is 1. The first-order valence-corrected chi connectivity index (χ1v) is 4.52. The number of halogens is 6. The Labute approximate surface area is 97.0 Å². The maximum absolute atomic E-state index is 12.0. The van der Waals surface area contributed by atoms with Gasteiger partial charge in [0.1, 0.15) is 6.04 Å². The van der Waals surface area contributed by atoms with Crippen LogP contribution < -0.4 is 5.32 Å². The summed E-state index contributed by atoms with van der Waals surface area (Å²) in [7, 11) is 0. The van der Waals surface area contributed by atoms with E-state index in [0.29, 0.717) is 0 Å². The molecular formula is C8H9F6NO3. The van der Waals surface area contributed by atoms with Gasteiger partial charge in [-0.1, -0.05) is 6.92 Å². The smallest absolute Gasteiger partial charge is 0.471 e. The number of carboxylic acids is 1. The molecule has 0 heterocycles. The molecule has 2 unspecified atom stereocenters. The van der Waals surface area contributed by atoms with Gasteiger partial charge in [0, 0.05) is 6.42 Å². The van der Waals surface area contributed by atoms with E-state index >= 15 is 0 Å². The van der Waals surface area contributed by atoms with Crippen LogP contribution in [0.5, 0.6) is 0 Å². The predicted molar refractivity (Wildman–Crippen MR) is 45.5 cm³/mol. The maximum atomic E-state index is 12.0. The molecule has 4 nitrogen and oxygen atoms in total. The van der Waals surface area contributed by atoms with Crippen LogP contribution in [0, 0.1) is 5.92 Å². The lowest BCUT2D eigenvalue weighted by atomic mass is 9.98. The first-order valence-electron chi connectivity index (χ1n) is 4.52. The van der Waals surface area contributed by atoms with E-state index in [4.69, 9.17) is 5.11 Å². The van der Waals surface area contributed by atoms with Crippen LogP contribution in [-0.4, -0.2) is 35.4 Å². The van der Waals surface area contributed by atoms with Crippen molar-refractivity contribution in [3.8, 4) is 0 Å². The summed E-state index contributed by atoms with van der Waals surface area (Å²) in [5.74, 6) is -6.29. The number of alkyl halides is 6. The van der Waals surface area contributed by atoms with Gasteiger partial charge in [-0.3, -0.25) is 4.79 Å². The van der Waals surface area contributed by atoms with Gasteiger partial charge >= 0.3 is 24.2 Å². The van der Waals surface area contributed by atoms with E-state index in [9.17, 15) is 35.9 Å². The van der Waals surface area contributed by atoms with Gasteiger partial charge in [-0.25, -0.2) is 4.79 Å². The molecule has 0 saturated carbocycles. The molecule has 0 rings (SSSR count). The molecule has 0 fully saturated rings. The van der Waals surface area contributed by atoms with Crippen molar-refractivity contribution in [3.05, 3.63) is 0 Å². The second-order valence-electron chi connectivity index (χ2n) is 3.58. The Morgan fingerprint density at radius 1 is 1.17 bits per heavy atom. The average Bonchev–Trinajstić information content (AvgIpc) is 2.07. The number of hydrogen-bond acceptors (Lipinski definition) is 2. The molecule has 0 bridgehead atoms. The SMILES string of the molecule is CC(CC(F)(F)F)C(NC(=O)C(F)(F)F)C(=O)O. The summed E-state index contributed by atoms with van der Waals surface area (Å²) in [4.78, 5) is 21.0. The number of aliphatic carboxylic acids is 1. The first kappa shape index (κ1) is 16.5. The van der Waals surface area contributed by atoms with Crippen LogP contribution in [-0.2, 0) is 9.59 Å². The lowest BCUT2D eigenvalue weighted by molar-refractivity contribution is -0.177. The van der Waals surface area contributed by atoms with E-state index < -0.39 is 42.6 Å². The third kappa shape index (κ3) is 5.73. The van der Waals surface area contributed by atoms with E-state index in [1.165, 1.54) is 0 Å². The molecule has 2 N–H and O–H groups in total. The quantitative estimate of drug-likeness (QED) is 0.771. The highest BCUT2D eigenvalue weighted by molar-refractivity contribution is 5.87. The Hall–Kier alpha value is -1.48.